The lowest BCUT2D eigenvalue weighted by Crippen LogP contribution is -2.30. The summed E-state index contributed by atoms with van der Waals surface area (Å²) in [5.74, 6) is 1.17. The topological polar surface area (TPSA) is 65.6 Å². The zero-order valence-corrected chi connectivity index (χ0v) is 19.2. The molecule has 3 aromatic heterocycles. The second-order valence-electron chi connectivity index (χ2n) is 7.88. The number of nitrogens with one attached hydrogen (secondary N) is 3. The molecule has 1 fully saturated rings. The summed E-state index contributed by atoms with van der Waals surface area (Å²) in [6.07, 6.45) is 5.14. The van der Waals surface area contributed by atoms with Crippen LogP contribution in [0.1, 0.15) is 23.3 Å². The quantitative estimate of drug-likeness (QED) is 0.315. The van der Waals surface area contributed by atoms with E-state index in [1.54, 1.807) is 11.3 Å². The molecule has 4 aromatic rings. The Morgan fingerprint density at radius 3 is 2.77 bits per heavy atom. The van der Waals surface area contributed by atoms with Gasteiger partial charge in [0.1, 0.15) is 0 Å². The van der Waals surface area contributed by atoms with Crippen molar-refractivity contribution in [2.75, 3.05) is 18.4 Å². The Labute approximate surface area is 195 Å². The van der Waals surface area contributed by atoms with Gasteiger partial charge in [0.25, 0.3) is 0 Å². The van der Waals surface area contributed by atoms with Crippen LogP contribution in [0.15, 0.2) is 41.9 Å². The molecule has 0 radical (unpaired) electrons. The van der Waals surface area contributed by atoms with E-state index in [2.05, 4.69) is 32.0 Å². The van der Waals surface area contributed by atoms with Gasteiger partial charge in [-0.25, -0.2) is 9.97 Å². The maximum absolute atomic E-state index is 6.58. The van der Waals surface area contributed by atoms with Crippen LogP contribution in [0.25, 0.3) is 22.3 Å². The smallest absolute Gasteiger partial charge is 0.223 e. The van der Waals surface area contributed by atoms with Gasteiger partial charge in [-0.1, -0.05) is 35.3 Å². The number of benzene rings is 1. The molecule has 1 aliphatic heterocycles. The molecular formula is C23H23Cl2N5S. The number of halogens is 2. The van der Waals surface area contributed by atoms with Crippen molar-refractivity contribution < 1.29 is 0 Å². The average molecular weight is 472 g/mol. The van der Waals surface area contributed by atoms with E-state index in [1.807, 2.05) is 30.5 Å². The van der Waals surface area contributed by atoms with E-state index in [0.717, 1.165) is 47.4 Å². The predicted octanol–water partition coefficient (Wildman–Crippen LogP) is 6.15. The molecule has 3 N–H and O–H groups in total. The lowest BCUT2D eigenvalue weighted by atomic mass is 9.91. The van der Waals surface area contributed by atoms with Crippen molar-refractivity contribution in [2.24, 2.45) is 5.92 Å². The number of rotatable bonds is 6. The highest BCUT2D eigenvalue weighted by molar-refractivity contribution is 7.09. The molecule has 0 spiro atoms. The molecule has 160 valence electrons. The van der Waals surface area contributed by atoms with E-state index in [-0.39, 0.29) is 0 Å². The zero-order valence-electron chi connectivity index (χ0n) is 16.9. The summed E-state index contributed by atoms with van der Waals surface area (Å²) in [6.45, 7) is 2.81. The van der Waals surface area contributed by atoms with Crippen LogP contribution in [0, 0.1) is 5.92 Å². The van der Waals surface area contributed by atoms with Crippen molar-refractivity contribution in [3.05, 3.63) is 62.4 Å². The second-order valence-corrected chi connectivity index (χ2v) is 9.73. The lowest BCUT2D eigenvalue weighted by molar-refractivity contribution is 0.377. The monoisotopic (exact) mass is 471 g/mol. The van der Waals surface area contributed by atoms with Gasteiger partial charge in [0, 0.05) is 16.0 Å². The Morgan fingerprint density at radius 1 is 1.16 bits per heavy atom. The Bertz CT molecular complexity index is 1160. The van der Waals surface area contributed by atoms with Crippen molar-refractivity contribution >= 4 is 51.5 Å². The highest BCUT2D eigenvalue weighted by Gasteiger charge is 2.23. The van der Waals surface area contributed by atoms with E-state index >= 15 is 0 Å². The van der Waals surface area contributed by atoms with E-state index in [0.29, 0.717) is 28.5 Å². The second kappa shape index (κ2) is 9.17. The van der Waals surface area contributed by atoms with Gasteiger partial charge in [-0.2, -0.15) is 0 Å². The molecule has 1 aliphatic rings. The maximum atomic E-state index is 6.58. The number of aromatic amines is 1. The third kappa shape index (κ3) is 4.44. The standard InChI is InChI=1S/C23H23Cl2N5S/c24-17-6-1-7-18(25)20(17)22-16(10-14-4-2-8-26-11-14)21-19(29-22)13-28-23(30-21)27-12-15-5-3-9-31-15/h1,3,5-7,9,13-14,26,29H,2,4,8,10-12H2,(H,27,28,30)/t14-/m0/s1. The normalized spacial score (nSPS) is 16.6. The van der Waals surface area contributed by atoms with Gasteiger partial charge < -0.3 is 15.6 Å². The molecule has 0 aliphatic carbocycles. The van der Waals surface area contributed by atoms with Crippen LogP contribution in [0.3, 0.4) is 0 Å². The summed E-state index contributed by atoms with van der Waals surface area (Å²) in [5.41, 5.74) is 4.75. The number of piperidine rings is 1. The van der Waals surface area contributed by atoms with Crippen molar-refractivity contribution in [2.45, 2.75) is 25.8 Å². The molecule has 1 aromatic carbocycles. The molecule has 0 bridgehead atoms. The van der Waals surface area contributed by atoms with Gasteiger partial charge in [0.2, 0.25) is 5.95 Å². The number of thiophene rings is 1. The zero-order chi connectivity index (χ0) is 21.2. The Balaban J connectivity index is 1.57. The minimum atomic E-state index is 0.547. The minimum absolute atomic E-state index is 0.547. The molecule has 31 heavy (non-hydrogen) atoms. The van der Waals surface area contributed by atoms with Crippen molar-refractivity contribution in [1.29, 1.82) is 0 Å². The number of hydrogen-bond donors (Lipinski definition) is 3. The summed E-state index contributed by atoms with van der Waals surface area (Å²) in [7, 11) is 0. The number of H-pyrrole nitrogens is 1. The summed E-state index contributed by atoms with van der Waals surface area (Å²) < 4.78 is 0. The first-order valence-corrected chi connectivity index (χ1v) is 12.1. The van der Waals surface area contributed by atoms with Crippen LogP contribution in [0.2, 0.25) is 10.0 Å². The maximum Gasteiger partial charge on any atom is 0.223 e. The van der Waals surface area contributed by atoms with E-state index in [4.69, 9.17) is 28.2 Å². The Kier molecular flexibility index (Phi) is 6.14. The van der Waals surface area contributed by atoms with Crippen LogP contribution in [0.5, 0.6) is 0 Å². The summed E-state index contributed by atoms with van der Waals surface area (Å²) in [6, 6.07) is 9.77. The highest BCUT2D eigenvalue weighted by Crippen LogP contribution is 2.39. The fourth-order valence-corrected chi connectivity index (χ4v) is 5.46. The van der Waals surface area contributed by atoms with Crippen molar-refractivity contribution in [1.82, 2.24) is 20.3 Å². The van der Waals surface area contributed by atoms with Gasteiger partial charge in [-0.3, -0.25) is 0 Å². The van der Waals surface area contributed by atoms with Gasteiger partial charge in [0.05, 0.1) is 39.5 Å². The average Bonchev–Trinajstić information content (AvgIpc) is 3.41. The SMILES string of the molecule is Clc1cccc(Cl)c1-c1[nH]c2cnc(NCc3cccs3)nc2c1C[C@@H]1CCCNC1. The van der Waals surface area contributed by atoms with Crippen LogP contribution in [0.4, 0.5) is 5.95 Å². The fraction of sp³-hybridized carbons (Fsp3) is 0.304. The summed E-state index contributed by atoms with van der Waals surface area (Å²) in [4.78, 5) is 14.2. The number of fused-ring (bicyclic) bond motifs is 1. The molecule has 0 unspecified atom stereocenters. The molecule has 1 atom stereocenters. The highest BCUT2D eigenvalue weighted by atomic mass is 35.5. The van der Waals surface area contributed by atoms with Crippen LogP contribution in [-0.2, 0) is 13.0 Å². The van der Waals surface area contributed by atoms with Gasteiger partial charge in [-0.05, 0) is 61.8 Å². The fourth-order valence-electron chi connectivity index (χ4n) is 4.23. The molecule has 4 heterocycles. The molecular weight excluding hydrogens is 449 g/mol. The van der Waals surface area contributed by atoms with Crippen LogP contribution in [-0.4, -0.2) is 28.0 Å². The number of hydrogen-bond acceptors (Lipinski definition) is 5. The third-order valence-electron chi connectivity index (χ3n) is 5.74. The van der Waals surface area contributed by atoms with E-state index in [1.165, 1.54) is 17.7 Å². The van der Waals surface area contributed by atoms with E-state index in [9.17, 15) is 0 Å². The minimum Gasteiger partial charge on any atom is -0.352 e. The molecule has 1 saturated heterocycles. The van der Waals surface area contributed by atoms with Crippen molar-refractivity contribution in [3.63, 3.8) is 0 Å². The van der Waals surface area contributed by atoms with E-state index < -0.39 is 0 Å². The van der Waals surface area contributed by atoms with Gasteiger partial charge in [0.15, 0.2) is 0 Å². The molecule has 0 amide bonds. The first-order chi connectivity index (χ1) is 15.2. The van der Waals surface area contributed by atoms with Crippen LogP contribution < -0.4 is 10.6 Å². The lowest BCUT2D eigenvalue weighted by Gasteiger charge is -2.23. The third-order valence-corrected chi connectivity index (χ3v) is 7.25. The van der Waals surface area contributed by atoms with Gasteiger partial charge >= 0.3 is 0 Å². The summed E-state index contributed by atoms with van der Waals surface area (Å²) in [5, 5.41) is 10.2. The first kappa shape index (κ1) is 20.8. The summed E-state index contributed by atoms with van der Waals surface area (Å²) >= 11 is 14.9. The first-order valence-electron chi connectivity index (χ1n) is 10.5. The molecule has 5 nitrogen and oxygen atoms in total. The number of aromatic nitrogens is 3. The number of anilines is 1. The molecule has 5 rings (SSSR count). The number of nitrogens with zero attached hydrogens (tertiary/aromatic N) is 2. The van der Waals surface area contributed by atoms with Gasteiger partial charge in [-0.15, -0.1) is 11.3 Å². The van der Waals surface area contributed by atoms with Crippen LogP contribution >= 0.6 is 34.5 Å². The Hall–Kier alpha value is -2.12. The van der Waals surface area contributed by atoms with Crippen molar-refractivity contribution in [3.8, 4) is 11.3 Å². The Morgan fingerprint density at radius 2 is 2.03 bits per heavy atom. The largest absolute Gasteiger partial charge is 0.352 e. The predicted molar refractivity (Wildman–Crippen MR) is 130 cm³/mol. The molecule has 0 saturated carbocycles. The molecule has 8 heteroatoms.